The van der Waals surface area contributed by atoms with Crippen molar-refractivity contribution < 1.29 is 13.9 Å². The number of benzene rings is 1. The number of amides is 1. The summed E-state index contributed by atoms with van der Waals surface area (Å²) >= 11 is 0. The number of methoxy groups -OCH3 is 1. The minimum Gasteiger partial charge on any atom is -0.496 e. The smallest absolute Gasteiger partial charge is 0.224 e. The Morgan fingerprint density at radius 2 is 2.03 bits per heavy atom. The van der Waals surface area contributed by atoms with Crippen LogP contribution in [-0.2, 0) is 16.6 Å². The number of nitrogens with zero attached hydrogens (tertiary/aromatic N) is 4. The zero-order chi connectivity index (χ0) is 22.1. The van der Waals surface area contributed by atoms with Crippen molar-refractivity contribution in [3.05, 3.63) is 41.6 Å². The van der Waals surface area contributed by atoms with Crippen LogP contribution in [0.1, 0.15) is 55.9 Å². The third-order valence-electron chi connectivity index (χ3n) is 7.94. The SMILES string of the molecule is COc1ccccc1CCC(=O)N1CC[C@]2(c3nnc(C)o3)CN(C3CCCC3)C[C@@H]2C1. The van der Waals surface area contributed by atoms with Gasteiger partial charge in [0, 0.05) is 51.5 Å². The number of fused-ring (bicyclic) bond motifs is 1. The minimum atomic E-state index is -0.122. The summed E-state index contributed by atoms with van der Waals surface area (Å²) < 4.78 is 11.4. The number of piperidine rings is 1. The van der Waals surface area contributed by atoms with Crippen LogP contribution in [0.2, 0.25) is 0 Å². The van der Waals surface area contributed by atoms with Crippen LogP contribution in [0.5, 0.6) is 5.75 Å². The summed E-state index contributed by atoms with van der Waals surface area (Å²) in [5, 5.41) is 8.61. The number of likely N-dealkylation sites (tertiary alicyclic amines) is 2. The molecule has 1 amide bonds. The van der Waals surface area contributed by atoms with Crippen LogP contribution in [0.3, 0.4) is 0 Å². The molecule has 5 rings (SSSR count). The topological polar surface area (TPSA) is 71.7 Å². The first-order valence-corrected chi connectivity index (χ1v) is 12.0. The maximum Gasteiger partial charge on any atom is 0.224 e. The van der Waals surface area contributed by atoms with E-state index in [9.17, 15) is 4.79 Å². The fraction of sp³-hybridized carbons (Fsp3) is 0.640. The highest BCUT2D eigenvalue weighted by Crippen LogP contribution is 2.46. The molecule has 172 valence electrons. The first kappa shape index (κ1) is 21.4. The molecule has 2 saturated heterocycles. The highest BCUT2D eigenvalue weighted by molar-refractivity contribution is 5.76. The van der Waals surface area contributed by atoms with E-state index in [0.29, 0.717) is 30.7 Å². The van der Waals surface area contributed by atoms with E-state index < -0.39 is 0 Å². The van der Waals surface area contributed by atoms with Crippen molar-refractivity contribution >= 4 is 5.91 Å². The molecule has 3 fully saturated rings. The van der Waals surface area contributed by atoms with E-state index in [-0.39, 0.29) is 11.3 Å². The molecule has 2 aliphatic heterocycles. The molecule has 1 aromatic heterocycles. The lowest BCUT2D eigenvalue weighted by Crippen LogP contribution is -2.51. The first-order valence-electron chi connectivity index (χ1n) is 12.0. The van der Waals surface area contributed by atoms with Gasteiger partial charge in [-0.25, -0.2) is 0 Å². The molecule has 1 aliphatic carbocycles. The summed E-state index contributed by atoms with van der Waals surface area (Å²) in [6.07, 6.45) is 7.32. The van der Waals surface area contributed by atoms with E-state index in [1.54, 1.807) is 7.11 Å². The largest absolute Gasteiger partial charge is 0.496 e. The van der Waals surface area contributed by atoms with Crippen LogP contribution in [-0.4, -0.2) is 65.2 Å². The van der Waals surface area contributed by atoms with Gasteiger partial charge >= 0.3 is 0 Å². The van der Waals surface area contributed by atoms with Crippen LogP contribution in [0, 0.1) is 12.8 Å². The predicted octanol–water partition coefficient (Wildman–Crippen LogP) is 3.36. The highest BCUT2D eigenvalue weighted by atomic mass is 16.5. The second-order valence-corrected chi connectivity index (χ2v) is 9.75. The van der Waals surface area contributed by atoms with Gasteiger partial charge in [0.1, 0.15) is 5.75 Å². The summed E-state index contributed by atoms with van der Waals surface area (Å²) in [6, 6.07) is 8.62. The molecule has 0 spiro atoms. The van der Waals surface area contributed by atoms with Crippen LogP contribution < -0.4 is 4.74 Å². The predicted molar refractivity (Wildman–Crippen MR) is 121 cm³/mol. The summed E-state index contributed by atoms with van der Waals surface area (Å²) in [5.74, 6) is 2.83. The van der Waals surface area contributed by atoms with Gasteiger partial charge in [-0.15, -0.1) is 10.2 Å². The number of hydrogen-bond donors (Lipinski definition) is 0. The fourth-order valence-corrected chi connectivity index (χ4v) is 6.15. The maximum atomic E-state index is 13.2. The van der Waals surface area contributed by atoms with Gasteiger partial charge in [-0.2, -0.15) is 0 Å². The molecule has 7 nitrogen and oxygen atoms in total. The van der Waals surface area contributed by atoms with Gasteiger partial charge < -0.3 is 14.1 Å². The number of aryl methyl sites for hydroxylation is 2. The summed E-state index contributed by atoms with van der Waals surface area (Å²) in [5.41, 5.74) is 0.966. The third-order valence-corrected chi connectivity index (χ3v) is 7.94. The summed E-state index contributed by atoms with van der Waals surface area (Å²) in [4.78, 5) is 17.9. The Hall–Kier alpha value is -2.41. The normalized spacial score (nSPS) is 26.4. The van der Waals surface area contributed by atoms with Gasteiger partial charge in [0.15, 0.2) is 0 Å². The molecule has 2 atom stereocenters. The van der Waals surface area contributed by atoms with Crippen LogP contribution in [0.4, 0.5) is 0 Å². The van der Waals surface area contributed by atoms with E-state index >= 15 is 0 Å². The molecule has 7 heteroatoms. The van der Waals surface area contributed by atoms with E-state index in [4.69, 9.17) is 9.15 Å². The van der Waals surface area contributed by atoms with Crippen LogP contribution in [0.25, 0.3) is 0 Å². The van der Waals surface area contributed by atoms with E-state index in [2.05, 4.69) is 20.0 Å². The van der Waals surface area contributed by atoms with Crippen molar-refractivity contribution in [2.75, 3.05) is 33.3 Å². The molecule has 1 aromatic carbocycles. The second-order valence-electron chi connectivity index (χ2n) is 9.75. The number of carbonyl (C=O) groups excluding carboxylic acids is 1. The number of para-hydroxylation sites is 1. The molecule has 0 radical (unpaired) electrons. The molecule has 3 aliphatic rings. The Balaban J connectivity index is 1.30. The lowest BCUT2D eigenvalue weighted by Gasteiger charge is -2.41. The average molecular weight is 439 g/mol. The Morgan fingerprint density at radius 3 is 2.78 bits per heavy atom. The van der Waals surface area contributed by atoms with Crippen molar-refractivity contribution in [2.24, 2.45) is 5.92 Å². The van der Waals surface area contributed by atoms with Gasteiger partial charge in [0.25, 0.3) is 0 Å². The zero-order valence-corrected chi connectivity index (χ0v) is 19.3. The molecule has 0 bridgehead atoms. The van der Waals surface area contributed by atoms with Gasteiger partial charge in [-0.1, -0.05) is 31.0 Å². The summed E-state index contributed by atoms with van der Waals surface area (Å²) in [7, 11) is 1.68. The molecule has 1 saturated carbocycles. The van der Waals surface area contributed by atoms with Crippen molar-refractivity contribution in [2.45, 2.75) is 63.3 Å². The lowest BCUT2D eigenvalue weighted by atomic mass is 9.72. The summed E-state index contributed by atoms with van der Waals surface area (Å²) in [6.45, 7) is 5.38. The van der Waals surface area contributed by atoms with E-state index in [0.717, 1.165) is 49.8 Å². The number of ether oxygens (including phenoxy) is 1. The molecular formula is C25H34N4O3. The molecule has 0 N–H and O–H groups in total. The molecule has 3 heterocycles. The zero-order valence-electron chi connectivity index (χ0n) is 19.3. The maximum absolute atomic E-state index is 13.2. The lowest BCUT2D eigenvalue weighted by molar-refractivity contribution is -0.133. The minimum absolute atomic E-state index is 0.122. The second kappa shape index (κ2) is 8.85. The van der Waals surface area contributed by atoms with Crippen molar-refractivity contribution in [3.8, 4) is 5.75 Å². The fourth-order valence-electron chi connectivity index (χ4n) is 6.15. The number of carbonyl (C=O) groups is 1. The van der Waals surface area contributed by atoms with Crippen LogP contribution in [0.15, 0.2) is 28.7 Å². The Kier molecular flexibility index (Phi) is 5.93. The third kappa shape index (κ3) is 3.91. The Labute approximate surface area is 190 Å². The van der Waals surface area contributed by atoms with Crippen molar-refractivity contribution in [1.29, 1.82) is 0 Å². The molecule has 0 unspecified atom stereocenters. The van der Waals surface area contributed by atoms with Crippen molar-refractivity contribution in [3.63, 3.8) is 0 Å². The molecular weight excluding hydrogens is 404 g/mol. The molecule has 2 aromatic rings. The van der Waals surface area contributed by atoms with Gasteiger partial charge in [0.2, 0.25) is 17.7 Å². The van der Waals surface area contributed by atoms with E-state index in [1.165, 1.54) is 25.7 Å². The van der Waals surface area contributed by atoms with Crippen LogP contribution >= 0.6 is 0 Å². The number of rotatable bonds is 6. The standard InChI is InChI=1S/C25H34N4O3/c1-18-26-27-24(32-18)25-13-14-28(15-20(25)16-29(17-25)21-8-4-5-9-21)23(30)12-11-19-7-3-6-10-22(19)31-2/h3,6-7,10,20-21H,4-5,8-9,11-17H2,1-2H3/t20-,25-/m0/s1. The average Bonchev–Trinajstić information content (AvgIpc) is 3.56. The monoisotopic (exact) mass is 438 g/mol. The molecule has 32 heavy (non-hydrogen) atoms. The Morgan fingerprint density at radius 1 is 1.22 bits per heavy atom. The van der Waals surface area contributed by atoms with Crippen molar-refractivity contribution in [1.82, 2.24) is 20.0 Å². The highest BCUT2D eigenvalue weighted by Gasteiger charge is 2.55. The van der Waals surface area contributed by atoms with Gasteiger partial charge in [0.05, 0.1) is 12.5 Å². The first-order chi connectivity index (χ1) is 15.6. The van der Waals surface area contributed by atoms with E-state index in [1.807, 2.05) is 31.2 Å². The quantitative estimate of drug-likeness (QED) is 0.689. The number of aromatic nitrogens is 2. The van der Waals surface area contributed by atoms with Gasteiger partial charge in [-0.3, -0.25) is 9.69 Å². The van der Waals surface area contributed by atoms with Gasteiger partial charge in [-0.05, 0) is 37.3 Å². The number of hydrogen-bond acceptors (Lipinski definition) is 6. The Bertz CT molecular complexity index is 954.